The van der Waals surface area contributed by atoms with Gasteiger partial charge in [-0.1, -0.05) is 30.3 Å². The number of amides is 1. The minimum atomic E-state index is -0.597. The van der Waals surface area contributed by atoms with E-state index in [0.717, 1.165) is 5.56 Å². The molecule has 0 fully saturated rings. The third kappa shape index (κ3) is 2.66. The van der Waals surface area contributed by atoms with Crippen LogP contribution in [0, 0.1) is 0 Å². The van der Waals surface area contributed by atoms with Gasteiger partial charge in [-0.3, -0.25) is 9.59 Å². The van der Waals surface area contributed by atoms with Gasteiger partial charge in [0.05, 0.1) is 11.9 Å². The maximum absolute atomic E-state index is 12.0. The lowest BCUT2D eigenvalue weighted by Crippen LogP contribution is -2.12. The van der Waals surface area contributed by atoms with E-state index in [9.17, 15) is 9.59 Å². The van der Waals surface area contributed by atoms with Crippen molar-refractivity contribution in [3.63, 3.8) is 0 Å². The number of rotatable bonds is 3. The first-order valence-electron chi connectivity index (χ1n) is 6.07. The number of benzene rings is 1. The molecule has 0 atom stereocenters. The third-order valence-corrected chi connectivity index (χ3v) is 3.12. The zero-order chi connectivity index (χ0) is 14.1. The SMILES string of the molecule is Cl.NC(=O)c1cn(Cc2ccccc2)c2c(=O)[nH]cnc12. The molecule has 6 nitrogen and oxygen atoms in total. The van der Waals surface area contributed by atoms with E-state index in [1.54, 1.807) is 10.8 Å². The van der Waals surface area contributed by atoms with Gasteiger partial charge in [-0.15, -0.1) is 12.4 Å². The summed E-state index contributed by atoms with van der Waals surface area (Å²) in [5.41, 5.74) is 6.99. The normalized spacial score (nSPS) is 10.3. The lowest BCUT2D eigenvalue weighted by molar-refractivity contribution is 0.100. The average Bonchev–Trinajstić information content (AvgIpc) is 2.80. The Balaban J connectivity index is 0.00000161. The molecule has 0 unspecified atom stereocenters. The molecule has 0 radical (unpaired) electrons. The van der Waals surface area contributed by atoms with Crippen LogP contribution in [0.25, 0.3) is 11.0 Å². The van der Waals surface area contributed by atoms with Crippen LogP contribution in [0.5, 0.6) is 0 Å². The molecule has 3 N–H and O–H groups in total. The van der Waals surface area contributed by atoms with Crippen molar-refractivity contribution in [1.29, 1.82) is 0 Å². The van der Waals surface area contributed by atoms with Crippen molar-refractivity contribution in [3.8, 4) is 0 Å². The molecule has 7 heteroatoms. The summed E-state index contributed by atoms with van der Waals surface area (Å²) in [5, 5.41) is 0. The number of nitrogens with zero attached hydrogens (tertiary/aromatic N) is 2. The van der Waals surface area contributed by atoms with Gasteiger partial charge in [0.2, 0.25) is 0 Å². The van der Waals surface area contributed by atoms with E-state index in [1.165, 1.54) is 6.33 Å². The van der Waals surface area contributed by atoms with Crippen LogP contribution in [-0.2, 0) is 6.54 Å². The molecule has 0 spiro atoms. The molecule has 3 aromatic rings. The molecule has 0 saturated carbocycles. The number of aromatic nitrogens is 3. The Kier molecular flexibility index (Phi) is 4.09. The van der Waals surface area contributed by atoms with E-state index in [4.69, 9.17) is 5.73 Å². The number of halogens is 1. The molecule has 1 amide bonds. The molecular weight excluding hydrogens is 292 g/mol. The second kappa shape index (κ2) is 5.80. The molecule has 1 aromatic carbocycles. The monoisotopic (exact) mass is 304 g/mol. The number of nitrogens with one attached hydrogen (secondary N) is 1. The Hall–Kier alpha value is -2.60. The molecule has 108 valence electrons. The Morgan fingerprint density at radius 2 is 2.00 bits per heavy atom. The number of hydrogen-bond acceptors (Lipinski definition) is 3. The number of fused-ring (bicyclic) bond motifs is 1. The summed E-state index contributed by atoms with van der Waals surface area (Å²) in [5.74, 6) is -0.597. The van der Waals surface area contributed by atoms with Gasteiger partial charge in [-0.2, -0.15) is 0 Å². The average molecular weight is 305 g/mol. The highest BCUT2D eigenvalue weighted by molar-refractivity contribution is 6.04. The van der Waals surface area contributed by atoms with E-state index in [2.05, 4.69) is 9.97 Å². The fourth-order valence-corrected chi connectivity index (χ4v) is 2.22. The Bertz CT molecular complexity index is 839. The molecule has 2 aromatic heterocycles. The van der Waals surface area contributed by atoms with Gasteiger partial charge in [0, 0.05) is 12.7 Å². The second-order valence-corrected chi connectivity index (χ2v) is 4.45. The lowest BCUT2D eigenvalue weighted by atomic mass is 10.2. The topological polar surface area (TPSA) is 93.8 Å². The zero-order valence-corrected chi connectivity index (χ0v) is 11.8. The summed E-state index contributed by atoms with van der Waals surface area (Å²) in [7, 11) is 0. The first kappa shape index (κ1) is 14.8. The van der Waals surface area contributed by atoms with Crippen molar-refractivity contribution < 1.29 is 4.79 Å². The first-order chi connectivity index (χ1) is 9.66. The van der Waals surface area contributed by atoms with Crippen molar-refractivity contribution in [1.82, 2.24) is 14.5 Å². The summed E-state index contributed by atoms with van der Waals surface area (Å²) in [6, 6.07) is 9.64. The predicted molar refractivity (Wildman–Crippen MR) is 81.7 cm³/mol. The second-order valence-electron chi connectivity index (χ2n) is 4.45. The smallest absolute Gasteiger partial charge is 0.275 e. The van der Waals surface area contributed by atoms with Gasteiger partial charge in [-0.25, -0.2) is 4.98 Å². The number of H-pyrrole nitrogens is 1. The molecule has 0 saturated heterocycles. The molecule has 0 aliphatic carbocycles. The highest BCUT2D eigenvalue weighted by Crippen LogP contribution is 2.16. The minimum Gasteiger partial charge on any atom is -0.365 e. The fourth-order valence-electron chi connectivity index (χ4n) is 2.22. The number of primary amides is 1. The van der Waals surface area contributed by atoms with Crippen molar-refractivity contribution in [2.45, 2.75) is 6.54 Å². The highest BCUT2D eigenvalue weighted by Gasteiger charge is 2.16. The summed E-state index contributed by atoms with van der Waals surface area (Å²) < 4.78 is 1.69. The Morgan fingerprint density at radius 3 is 2.67 bits per heavy atom. The molecule has 21 heavy (non-hydrogen) atoms. The van der Waals surface area contributed by atoms with E-state index in [-0.39, 0.29) is 23.5 Å². The van der Waals surface area contributed by atoms with Crippen LogP contribution in [0.2, 0.25) is 0 Å². The number of carbonyl (C=O) groups excluding carboxylic acids is 1. The van der Waals surface area contributed by atoms with Gasteiger partial charge in [0.25, 0.3) is 11.5 Å². The van der Waals surface area contributed by atoms with E-state index in [1.807, 2.05) is 30.3 Å². The van der Waals surface area contributed by atoms with Gasteiger partial charge in [0.1, 0.15) is 11.0 Å². The van der Waals surface area contributed by atoms with Crippen LogP contribution in [0.15, 0.2) is 47.7 Å². The van der Waals surface area contributed by atoms with Crippen LogP contribution in [0.3, 0.4) is 0 Å². The number of aromatic amines is 1. The zero-order valence-electron chi connectivity index (χ0n) is 10.9. The third-order valence-electron chi connectivity index (χ3n) is 3.12. The summed E-state index contributed by atoms with van der Waals surface area (Å²) >= 11 is 0. The van der Waals surface area contributed by atoms with Gasteiger partial charge < -0.3 is 15.3 Å². The molecule has 2 heterocycles. The minimum absolute atomic E-state index is 0. The number of carbonyl (C=O) groups is 1. The van der Waals surface area contributed by atoms with Crippen LogP contribution in [0.4, 0.5) is 0 Å². The summed E-state index contributed by atoms with van der Waals surface area (Å²) in [6.07, 6.45) is 2.84. The van der Waals surface area contributed by atoms with E-state index in [0.29, 0.717) is 17.6 Å². The molecule has 0 aliphatic rings. The lowest BCUT2D eigenvalue weighted by Gasteiger charge is -2.04. The van der Waals surface area contributed by atoms with Crippen LogP contribution in [-0.4, -0.2) is 20.4 Å². The fraction of sp³-hybridized carbons (Fsp3) is 0.0714. The molecule has 0 aliphatic heterocycles. The molecular formula is C14H13ClN4O2. The Morgan fingerprint density at radius 1 is 1.29 bits per heavy atom. The van der Waals surface area contributed by atoms with Crippen molar-refractivity contribution in [3.05, 3.63) is 64.3 Å². The van der Waals surface area contributed by atoms with E-state index >= 15 is 0 Å². The maximum atomic E-state index is 12.0. The number of hydrogen-bond donors (Lipinski definition) is 2. The van der Waals surface area contributed by atoms with Crippen molar-refractivity contribution >= 4 is 29.3 Å². The van der Waals surface area contributed by atoms with Gasteiger partial charge in [0.15, 0.2) is 0 Å². The predicted octanol–water partition coefficient (Wildman–Crippen LogP) is 1.29. The molecule has 3 rings (SSSR count). The first-order valence-corrected chi connectivity index (χ1v) is 6.07. The van der Waals surface area contributed by atoms with Crippen LogP contribution >= 0.6 is 12.4 Å². The highest BCUT2D eigenvalue weighted by atomic mass is 35.5. The van der Waals surface area contributed by atoms with Crippen molar-refractivity contribution in [2.75, 3.05) is 0 Å². The van der Waals surface area contributed by atoms with Crippen molar-refractivity contribution in [2.24, 2.45) is 5.73 Å². The van der Waals surface area contributed by atoms with Crippen LogP contribution < -0.4 is 11.3 Å². The standard InChI is InChI=1S/C14H12N4O2.ClH/c15-13(19)10-7-18(6-9-4-2-1-3-5-9)12-11(10)16-8-17-14(12)20;/h1-5,7-8H,6H2,(H2,15,19)(H,16,17,20);1H. The summed E-state index contributed by atoms with van der Waals surface area (Å²) in [4.78, 5) is 30.0. The maximum Gasteiger partial charge on any atom is 0.275 e. The van der Waals surface area contributed by atoms with Gasteiger partial charge in [-0.05, 0) is 5.56 Å². The van der Waals surface area contributed by atoms with Gasteiger partial charge >= 0.3 is 0 Å². The largest absolute Gasteiger partial charge is 0.365 e. The number of nitrogens with two attached hydrogens (primary N) is 1. The van der Waals surface area contributed by atoms with E-state index < -0.39 is 5.91 Å². The summed E-state index contributed by atoms with van der Waals surface area (Å²) in [6.45, 7) is 0.472. The van der Waals surface area contributed by atoms with Crippen LogP contribution in [0.1, 0.15) is 15.9 Å². The molecule has 0 bridgehead atoms. The quantitative estimate of drug-likeness (QED) is 0.763. The Labute approximate surface area is 126 Å².